The number of hydrogen-bond acceptors (Lipinski definition) is 4. The Balaban J connectivity index is 2.51. The summed E-state index contributed by atoms with van der Waals surface area (Å²) >= 11 is 1.59. The van der Waals surface area contributed by atoms with E-state index in [1.54, 1.807) is 18.0 Å². The summed E-state index contributed by atoms with van der Waals surface area (Å²) in [5.41, 5.74) is 0.812. The van der Waals surface area contributed by atoms with E-state index in [2.05, 4.69) is 4.98 Å². The van der Waals surface area contributed by atoms with E-state index >= 15 is 0 Å². The molecule has 1 aromatic heterocycles. The van der Waals surface area contributed by atoms with Gasteiger partial charge in [-0.15, -0.1) is 0 Å². The van der Waals surface area contributed by atoms with Gasteiger partial charge in [-0.3, -0.25) is 0 Å². The van der Waals surface area contributed by atoms with Crippen LogP contribution in [0.5, 0.6) is 0 Å². The minimum Gasteiger partial charge on any atom is -0.396 e. The lowest BCUT2D eigenvalue weighted by molar-refractivity contribution is 0.271. The zero-order valence-corrected chi connectivity index (χ0v) is 8.42. The fraction of sp³-hybridized carbons (Fsp3) is 0.625. The number of nitrogens with zero attached hydrogens (tertiary/aromatic N) is 2. The van der Waals surface area contributed by atoms with Crippen molar-refractivity contribution in [3.05, 3.63) is 11.9 Å². The molecule has 0 saturated carbocycles. The topological polar surface area (TPSA) is 58.3 Å². The van der Waals surface area contributed by atoms with Gasteiger partial charge in [-0.25, -0.2) is 4.98 Å². The molecule has 0 radical (unpaired) electrons. The smallest absolute Gasteiger partial charge is 0.167 e. The largest absolute Gasteiger partial charge is 0.396 e. The molecule has 1 rings (SSSR count). The molecule has 1 aromatic rings. The van der Waals surface area contributed by atoms with Gasteiger partial charge in [0.05, 0.1) is 18.5 Å². The predicted octanol–water partition coefficient (Wildman–Crippen LogP) is 0.387. The standard InChI is InChI=1S/C8H14N2O2S/c1-10-7(6-12)5-9-8(10)13-4-2-3-11/h5,11-12H,2-4,6H2,1H3. The quantitative estimate of drug-likeness (QED) is 0.535. The molecule has 0 aliphatic rings. The maximum atomic E-state index is 8.89. The van der Waals surface area contributed by atoms with E-state index < -0.39 is 0 Å². The van der Waals surface area contributed by atoms with E-state index in [1.165, 1.54) is 0 Å². The van der Waals surface area contributed by atoms with Crippen LogP contribution in [0.2, 0.25) is 0 Å². The maximum absolute atomic E-state index is 8.89. The molecular formula is C8H14N2O2S. The van der Waals surface area contributed by atoms with Crippen molar-refractivity contribution in [1.29, 1.82) is 0 Å². The first kappa shape index (κ1) is 10.6. The zero-order chi connectivity index (χ0) is 9.68. The highest BCUT2D eigenvalue weighted by molar-refractivity contribution is 7.99. The Kier molecular flexibility index (Phi) is 4.27. The fourth-order valence-corrected chi connectivity index (χ4v) is 1.83. The molecule has 0 fully saturated rings. The molecule has 0 amide bonds. The van der Waals surface area contributed by atoms with Gasteiger partial charge in [0.2, 0.25) is 0 Å². The second-order valence-corrected chi connectivity index (χ2v) is 3.74. The number of thioether (sulfide) groups is 1. The van der Waals surface area contributed by atoms with E-state index in [0.29, 0.717) is 0 Å². The van der Waals surface area contributed by atoms with Crippen LogP contribution in [0.25, 0.3) is 0 Å². The van der Waals surface area contributed by atoms with Crippen LogP contribution in [0, 0.1) is 0 Å². The van der Waals surface area contributed by atoms with Gasteiger partial charge in [-0.2, -0.15) is 0 Å². The zero-order valence-electron chi connectivity index (χ0n) is 7.60. The molecule has 2 N–H and O–H groups in total. The molecule has 4 nitrogen and oxygen atoms in total. The van der Waals surface area contributed by atoms with Crippen LogP contribution < -0.4 is 0 Å². The van der Waals surface area contributed by atoms with Gasteiger partial charge in [0, 0.05) is 19.4 Å². The highest BCUT2D eigenvalue weighted by Crippen LogP contribution is 2.17. The average molecular weight is 202 g/mol. The van der Waals surface area contributed by atoms with Gasteiger partial charge >= 0.3 is 0 Å². The Morgan fingerprint density at radius 2 is 2.31 bits per heavy atom. The van der Waals surface area contributed by atoms with E-state index in [-0.39, 0.29) is 13.2 Å². The number of aliphatic hydroxyl groups is 2. The molecule has 74 valence electrons. The van der Waals surface area contributed by atoms with E-state index in [0.717, 1.165) is 23.0 Å². The number of rotatable bonds is 5. The van der Waals surface area contributed by atoms with Crippen LogP contribution in [-0.4, -0.2) is 32.1 Å². The molecule has 0 spiro atoms. The summed E-state index contributed by atoms with van der Waals surface area (Å²) in [5.74, 6) is 0.853. The Bertz CT molecular complexity index is 263. The van der Waals surface area contributed by atoms with Crippen LogP contribution in [0.3, 0.4) is 0 Å². The third kappa shape index (κ3) is 2.72. The van der Waals surface area contributed by atoms with Crippen LogP contribution >= 0.6 is 11.8 Å². The molecular weight excluding hydrogens is 188 g/mol. The summed E-state index contributed by atoms with van der Waals surface area (Å²) in [6.07, 6.45) is 2.44. The second kappa shape index (κ2) is 5.26. The number of hydrogen-bond donors (Lipinski definition) is 2. The molecule has 0 unspecified atom stereocenters. The summed E-state index contributed by atoms with van der Waals surface area (Å²) in [4.78, 5) is 4.14. The summed E-state index contributed by atoms with van der Waals surface area (Å²) < 4.78 is 1.86. The van der Waals surface area contributed by atoms with Gasteiger partial charge in [-0.1, -0.05) is 11.8 Å². The average Bonchev–Trinajstić information content (AvgIpc) is 2.48. The molecule has 0 aliphatic carbocycles. The van der Waals surface area contributed by atoms with Crippen molar-refractivity contribution in [3.8, 4) is 0 Å². The molecule has 0 bridgehead atoms. The first-order valence-electron chi connectivity index (χ1n) is 4.14. The van der Waals surface area contributed by atoms with Crippen molar-refractivity contribution in [1.82, 2.24) is 9.55 Å². The Morgan fingerprint density at radius 3 is 2.85 bits per heavy atom. The molecule has 0 aliphatic heterocycles. The molecule has 1 heterocycles. The summed E-state index contributed by atoms with van der Waals surface area (Å²) in [6, 6.07) is 0. The van der Waals surface area contributed by atoms with Crippen molar-refractivity contribution in [2.24, 2.45) is 7.05 Å². The summed E-state index contributed by atoms with van der Waals surface area (Å²) in [5, 5.41) is 18.4. The molecule has 13 heavy (non-hydrogen) atoms. The lowest BCUT2D eigenvalue weighted by atomic mass is 10.5. The van der Waals surface area contributed by atoms with Crippen molar-refractivity contribution in [2.45, 2.75) is 18.2 Å². The molecule has 0 saturated heterocycles. The highest BCUT2D eigenvalue weighted by Gasteiger charge is 2.04. The highest BCUT2D eigenvalue weighted by atomic mass is 32.2. The van der Waals surface area contributed by atoms with Gasteiger partial charge in [0.1, 0.15) is 0 Å². The third-order valence-corrected chi connectivity index (χ3v) is 2.87. The van der Waals surface area contributed by atoms with E-state index in [1.807, 2.05) is 11.6 Å². The molecule has 0 aromatic carbocycles. The molecule has 5 heteroatoms. The maximum Gasteiger partial charge on any atom is 0.167 e. The fourth-order valence-electron chi connectivity index (χ4n) is 0.935. The van der Waals surface area contributed by atoms with Crippen LogP contribution in [-0.2, 0) is 13.7 Å². The van der Waals surface area contributed by atoms with Crippen molar-refractivity contribution >= 4 is 11.8 Å². The van der Waals surface area contributed by atoms with Gasteiger partial charge in [0.25, 0.3) is 0 Å². The third-order valence-electron chi connectivity index (χ3n) is 1.74. The molecule has 0 atom stereocenters. The van der Waals surface area contributed by atoms with Crippen molar-refractivity contribution in [2.75, 3.05) is 12.4 Å². The summed E-state index contributed by atoms with van der Waals surface area (Å²) in [7, 11) is 1.87. The minimum absolute atomic E-state index is 0.0179. The Labute approximate surface area is 81.6 Å². The van der Waals surface area contributed by atoms with Crippen LogP contribution in [0.15, 0.2) is 11.4 Å². The SMILES string of the molecule is Cn1c(CO)cnc1SCCCO. The van der Waals surface area contributed by atoms with Gasteiger partial charge in [0.15, 0.2) is 5.16 Å². The van der Waals surface area contributed by atoms with Crippen molar-refractivity contribution in [3.63, 3.8) is 0 Å². The van der Waals surface area contributed by atoms with Gasteiger partial charge < -0.3 is 14.8 Å². The Morgan fingerprint density at radius 1 is 1.54 bits per heavy atom. The number of aromatic nitrogens is 2. The lowest BCUT2D eigenvalue weighted by Gasteiger charge is -2.02. The van der Waals surface area contributed by atoms with Crippen LogP contribution in [0.1, 0.15) is 12.1 Å². The van der Waals surface area contributed by atoms with Gasteiger partial charge in [-0.05, 0) is 6.42 Å². The number of imidazole rings is 1. The minimum atomic E-state index is 0.0179. The van der Waals surface area contributed by atoms with Crippen LogP contribution in [0.4, 0.5) is 0 Å². The lowest BCUT2D eigenvalue weighted by Crippen LogP contribution is -1.98. The monoisotopic (exact) mass is 202 g/mol. The van der Waals surface area contributed by atoms with Crippen molar-refractivity contribution < 1.29 is 10.2 Å². The van der Waals surface area contributed by atoms with E-state index in [9.17, 15) is 0 Å². The number of aliphatic hydroxyl groups excluding tert-OH is 2. The summed E-state index contributed by atoms with van der Waals surface area (Å²) in [6.45, 7) is 0.230. The second-order valence-electron chi connectivity index (χ2n) is 2.67. The first-order chi connectivity index (χ1) is 6.29. The normalized spacial score (nSPS) is 10.7. The van der Waals surface area contributed by atoms with E-state index in [4.69, 9.17) is 10.2 Å². The first-order valence-corrected chi connectivity index (χ1v) is 5.13. The predicted molar refractivity (Wildman–Crippen MR) is 51.6 cm³/mol. The Hall–Kier alpha value is -0.520.